The molecular weight excluding hydrogens is 363 g/mol. The number of carbonyl (C=O) groups excluding carboxylic acids is 2. The van der Waals surface area contributed by atoms with Crippen molar-refractivity contribution in [3.63, 3.8) is 0 Å². The van der Waals surface area contributed by atoms with Crippen molar-refractivity contribution in [1.29, 1.82) is 0 Å². The maximum atomic E-state index is 12.8. The van der Waals surface area contributed by atoms with Gasteiger partial charge in [0.2, 0.25) is 11.8 Å². The minimum atomic E-state index is -0.360. The van der Waals surface area contributed by atoms with E-state index in [1.54, 1.807) is 12.1 Å². The van der Waals surface area contributed by atoms with Crippen LogP contribution in [0.15, 0.2) is 53.0 Å². The predicted molar refractivity (Wildman–Crippen MR) is 89.4 cm³/mol. The first-order valence-corrected chi connectivity index (χ1v) is 7.95. The molecule has 0 saturated heterocycles. The summed E-state index contributed by atoms with van der Waals surface area (Å²) in [5.74, 6) is -1.41. The van der Waals surface area contributed by atoms with Gasteiger partial charge >= 0.3 is 0 Å². The topological polar surface area (TPSA) is 58.2 Å². The lowest BCUT2D eigenvalue weighted by Crippen LogP contribution is -2.20. The van der Waals surface area contributed by atoms with Crippen LogP contribution in [0.1, 0.15) is 6.42 Å². The van der Waals surface area contributed by atoms with E-state index in [2.05, 4.69) is 26.6 Å². The average Bonchev–Trinajstić information content (AvgIpc) is 3.30. The SMILES string of the molecule is O=C(Nc1ccc(F)cc1)C1CC1C(=O)Nc1cccc(Br)c1. The third-order valence-corrected chi connectivity index (χ3v) is 4.16. The lowest BCUT2D eigenvalue weighted by Gasteiger charge is -2.06. The largest absolute Gasteiger partial charge is 0.326 e. The minimum absolute atomic E-state index is 0.164. The molecule has 2 amide bonds. The summed E-state index contributed by atoms with van der Waals surface area (Å²) in [6.45, 7) is 0. The van der Waals surface area contributed by atoms with Crippen LogP contribution in [-0.4, -0.2) is 11.8 Å². The third-order valence-electron chi connectivity index (χ3n) is 3.67. The van der Waals surface area contributed by atoms with Gasteiger partial charge in [0, 0.05) is 15.8 Å². The van der Waals surface area contributed by atoms with E-state index in [-0.39, 0.29) is 29.5 Å². The number of amides is 2. The molecule has 2 aromatic rings. The van der Waals surface area contributed by atoms with Crippen LogP contribution in [0.4, 0.5) is 15.8 Å². The molecule has 1 aliphatic carbocycles. The van der Waals surface area contributed by atoms with Crippen LogP contribution in [-0.2, 0) is 9.59 Å². The van der Waals surface area contributed by atoms with E-state index < -0.39 is 0 Å². The summed E-state index contributed by atoms with van der Waals surface area (Å²) < 4.78 is 13.7. The molecule has 1 saturated carbocycles. The van der Waals surface area contributed by atoms with E-state index in [1.807, 2.05) is 12.1 Å². The lowest BCUT2D eigenvalue weighted by molar-refractivity contribution is -0.122. The molecule has 0 aliphatic heterocycles. The number of anilines is 2. The number of rotatable bonds is 4. The Morgan fingerprint density at radius 3 is 2.17 bits per heavy atom. The predicted octanol–water partition coefficient (Wildman–Crippen LogP) is 3.80. The molecule has 0 heterocycles. The number of carbonyl (C=O) groups is 2. The van der Waals surface area contributed by atoms with Crippen molar-refractivity contribution in [2.45, 2.75) is 6.42 Å². The number of benzene rings is 2. The zero-order valence-corrected chi connectivity index (χ0v) is 13.6. The van der Waals surface area contributed by atoms with Gasteiger partial charge < -0.3 is 10.6 Å². The minimum Gasteiger partial charge on any atom is -0.326 e. The summed E-state index contributed by atoms with van der Waals surface area (Å²) in [6, 6.07) is 12.8. The highest BCUT2D eigenvalue weighted by Gasteiger charge is 2.48. The second-order valence-corrected chi connectivity index (χ2v) is 6.36. The third kappa shape index (κ3) is 3.96. The lowest BCUT2D eigenvalue weighted by atomic mass is 10.2. The first-order valence-electron chi connectivity index (χ1n) is 7.16. The van der Waals surface area contributed by atoms with Crippen molar-refractivity contribution in [3.8, 4) is 0 Å². The van der Waals surface area contributed by atoms with E-state index in [0.29, 0.717) is 17.8 Å². The van der Waals surface area contributed by atoms with E-state index in [4.69, 9.17) is 0 Å². The van der Waals surface area contributed by atoms with Gasteiger partial charge in [0.1, 0.15) is 5.82 Å². The number of hydrogen-bond donors (Lipinski definition) is 2. The molecule has 0 spiro atoms. The van der Waals surface area contributed by atoms with Gasteiger partial charge in [0.25, 0.3) is 0 Å². The molecule has 2 atom stereocenters. The van der Waals surface area contributed by atoms with E-state index >= 15 is 0 Å². The Hall–Kier alpha value is -2.21. The summed E-state index contributed by atoms with van der Waals surface area (Å²) >= 11 is 3.34. The Balaban J connectivity index is 1.55. The molecule has 2 N–H and O–H groups in total. The van der Waals surface area contributed by atoms with Gasteiger partial charge in [-0.05, 0) is 48.9 Å². The number of halogens is 2. The van der Waals surface area contributed by atoms with Crippen molar-refractivity contribution in [3.05, 3.63) is 58.8 Å². The van der Waals surface area contributed by atoms with Crippen LogP contribution in [0.3, 0.4) is 0 Å². The zero-order valence-electron chi connectivity index (χ0n) is 12.1. The van der Waals surface area contributed by atoms with Crippen molar-refractivity contribution in [2.24, 2.45) is 11.8 Å². The van der Waals surface area contributed by atoms with E-state index in [0.717, 1.165) is 4.47 Å². The Labute approximate surface area is 141 Å². The molecule has 6 heteroatoms. The van der Waals surface area contributed by atoms with Gasteiger partial charge in [0.15, 0.2) is 0 Å². The van der Waals surface area contributed by atoms with Crippen LogP contribution in [0.25, 0.3) is 0 Å². The summed E-state index contributed by atoms with van der Waals surface area (Å²) in [6.07, 6.45) is 0.521. The first kappa shape index (κ1) is 15.7. The fourth-order valence-electron chi connectivity index (χ4n) is 2.34. The zero-order chi connectivity index (χ0) is 16.4. The monoisotopic (exact) mass is 376 g/mol. The highest BCUT2D eigenvalue weighted by Crippen LogP contribution is 2.40. The Bertz CT molecular complexity index is 749. The van der Waals surface area contributed by atoms with Crippen LogP contribution < -0.4 is 10.6 Å². The van der Waals surface area contributed by atoms with E-state index in [9.17, 15) is 14.0 Å². The Morgan fingerprint density at radius 1 is 0.957 bits per heavy atom. The van der Waals surface area contributed by atoms with Crippen LogP contribution in [0, 0.1) is 17.7 Å². The number of nitrogens with one attached hydrogen (secondary N) is 2. The molecule has 4 nitrogen and oxygen atoms in total. The van der Waals surface area contributed by atoms with Gasteiger partial charge in [-0.3, -0.25) is 9.59 Å². The Kier molecular flexibility index (Phi) is 4.43. The van der Waals surface area contributed by atoms with Crippen molar-refractivity contribution in [1.82, 2.24) is 0 Å². The first-order chi connectivity index (χ1) is 11.0. The number of hydrogen-bond acceptors (Lipinski definition) is 2. The molecule has 3 rings (SSSR count). The molecule has 1 fully saturated rings. The standard InChI is InChI=1S/C17H14BrFN2O2/c18-10-2-1-3-13(8-10)21-17(23)15-9-14(15)16(22)20-12-6-4-11(19)5-7-12/h1-8,14-15H,9H2,(H,20,22)(H,21,23). The second-order valence-electron chi connectivity index (χ2n) is 5.44. The molecule has 0 radical (unpaired) electrons. The second kappa shape index (κ2) is 6.50. The highest BCUT2D eigenvalue weighted by atomic mass is 79.9. The maximum Gasteiger partial charge on any atom is 0.228 e. The summed E-state index contributed by atoms with van der Waals surface area (Å²) in [5, 5.41) is 5.50. The van der Waals surface area contributed by atoms with Crippen LogP contribution in [0.5, 0.6) is 0 Å². The fourth-order valence-corrected chi connectivity index (χ4v) is 2.74. The molecule has 0 aromatic heterocycles. The molecule has 118 valence electrons. The van der Waals surface area contributed by atoms with Crippen molar-refractivity contribution >= 4 is 39.1 Å². The smallest absolute Gasteiger partial charge is 0.228 e. The Morgan fingerprint density at radius 2 is 1.57 bits per heavy atom. The van der Waals surface area contributed by atoms with E-state index in [1.165, 1.54) is 24.3 Å². The molecular formula is C17H14BrFN2O2. The fraction of sp³-hybridized carbons (Fsp3) is 0.176. The molecule has 1 aliphatic rings. The maximum absolute atomic E-state index is 12.8. The summed E-state index contributed by atoms with van der Waals surface area (Å²) in [7, 11) is 0. The van der Waals surface area contributed by atoms with Crippen molar-refractivity contribution < 1.29 is 14.0 Å². The summed E-state index contributed by atoms with van der Waals surface area (Å²) in [5.41, 5.74) is 1.21. The molecule has 2 unspecified atom stereocenters. The summed E-state index contributed by atoms with van der Waals surface area (Å²) in [4.78, 5) is 24.2. The van der Waals surface area contributed by atoms with Crippen LogP contribution in [0.2, 0.25) is 0 Å². The van der Waals surface area contributed by atoms with Gasteiger partial charge in [-0.25, -0.2) is 4.39 Å². The van der Waals surface area contributed by atoms with Gasteiger partial charge in [-0.1, -0.05) is 22.0 Å². The van der Waals surface area contributed by atoms with Gasteiger partial charge in [-0.15, -0.1) is 0 Å². The molecule has 0 bridgehead atoms. The van der Waals surface area contributed by atoms with Gasteiger partial charge in [0.05, 0.1) is 11.8 Å². The van der Waals surface area contributed by atoms with Gasteiger partial charge in [-0.2, -0.15) is 0 Å². The molecule has 23 heavy (non-hydrogen) atoms. The average molecular weight is 377 g/mol. The van der Waals surface area contributed by atoms with Crippen LogP contribution >= 0.6 is 15.9 Å². The molecule has 2 aromatic carbocycles. The normalized spacial score (nSPS) is 19.0. The quantitative estimate of drug-likeness (QED) is 0.852. The van der Waals surface area contributed by atoms with Crippen molar-refractivity contribution in [2.75, 3.05) is 10.6 Å². The highest BCUT2D eigenvalue weighted by molar-refractivity contribution is 9.10.